The number of fused-ring (bicyclic) bond motifs is 1. The zero-order chi connectivity index (χ0) is 20.3. The number of anilines is 3. The first-order valence-electron chi connectivity index (χ1n) is 8.53. The molecule has 148 valence electrons. The molecule has 0 unspecified atom stereocenters. The first-order valence-corrected chi connectivity index (χ1v) is 8.53. The third-order valence-electron chi connectivity index (χ3n) is 4.16. The van der Waals surface area contributed by atoms with E-state index in [2.05, 4.69) is 15.4 Å². The van der Waals surface area contributed by atoms with Crippen LogP contribution in [0.2, 0.25) is 0 Å². The predicted octanol–water partition coefficient (Wildman–Crippen LogP) is 3.76. The summed E-state index contributed by atoms with van der Waals surface area (Å²) in [5.41, 5.74) is 1.62. The molecule has 1 aliphatic rings. The summed E-state index contributed by atoms with van der Waals surface area (Å²) in [6.07, 6.45) is -4.60. The Morgan fingerprint density at radius 1 is 1.21 bits per heavy atom. The van der Waals surface area contributed by atoms with Crippen molar-refractivity contribution in [3.8, 4) is 5.75 Å². The number of halogens is 3. The Hall–Kier alpha value is -3.23. The summed E-state index contributed by atoms with van der Waals surface area (Å²) in [6, 6.07) is 11.8. The number of nitrogens with zero attached hydrogens (tertiary/aromatic N) is 1. The summed E-state index contributed by atoms with van der Waals surface area (Å²) >= 11 is 0. The fourth-order valence-electron chi connectivity index (χ4n) is 3.01. The van der Waals surface area contributed by atoms with Crippen LogP contribution in [0.1, 0.15) is 13.3 Å². The quantitative estimate of drug-likeness (QED) is 0.830. The fourth-order valence-corrected chi connectivity index (χ4v) is 3.01. The molecular weight excluding hydrogens is 375 g/mol. The maximum absolute atomic E-state index is 12.8. The molecule has 2 aromatic carbocycles. The minimum absolute atomic E-state index is 0.0909. The molecule has 3 rings (SSSR count). The zero-order valence-electron chi connectivity index (χ0n) is 14.9. The van der Waals surface area contributed by atoms with Crippen molar-refractivity contribution in [2.24, 2.45) is 0 Å². The number of nitrogens with one attached hydrogen (secondary N) is 2. The van der Waals surface area contributed by atoms with Gasteiger partial charge in [-0.15, -0.1) is 13.2 Å². The average molecular weight is 393 g/mol. The van der Waals surface area contributed by atoms with E-state index in [1.54, 1.807) is 36.1 Å². The standard InChI is InChI=1S/C19H18F3N3O3/c1-12-10-17(26)24-15-4-2-3-5-16(15)25(12)18(27)11-23-13-6-8-14(9-7-13)28-19(20,21)22/h2-9,12,23H,10-11H2,1H3,(H,24,26)/t12-/m1/s1. The monoisotopic (exact) mass is 393 g/mol. The van der Waals surface area contributed by atoms with E-state index in [0.717, 1.165) is 12.1 Å². The van der Waals surface area contributed by atoms with Crippen LogP contribution in [0.5, 0.6) is 5.75 Å². The van der Waals surface area contributed by atoms with Gasteiger partial charge in [-0.1, -0.05) is 12.1 Å². The normalized spacial score (nSPS) is 16.6. The van der Waals surface area contributed by atoms with Crippen LogP contribution in [0.25, 0.3) is 0 Å². The number of hydrogen-bond acceptors (Lipinski definition) is 4. The molecule has 9 heteroatoms. The van der Waals surface area contributed by atoms with Gasteiger partial charge in [0.25, 0.3) is 0 Å². The lowest BCUT2D eigenvalue weighted by Gasteiger charge is -2.28. The Kier molecular flexibility index (Phi) is 5.43. The van der Waals surface area contributed by atoms with E-state index in [1.165, 1.54) is 12.1 Å². The summed E-state index contributed by atoms with van der Waals surface area (Å²) in [6.45, 7) is 1.69. The molecule has 0 bridgehead atoms. The first-order chi connectivity index (χ1) is 13.2. The van der Waals surface area contributed by atoms with Gasteiger partial charge in [0.15, 0.2) is 0 Å². The van der Waals surface area contributed by atoms with Gasteiger partial charge >= 0.3 is 6.36 Å². The molecule has 1 aliphatic heterocycles. The molecule has 2 N–H and O–H groups in total. The van der Waals surface area contributed by atoms with Crippen LogP contribution in [-0.4, -0.2) is 30.8 Å². The zero-order valence-corrected chi connectivity index (χ0v) is 14.9. The van der Waals surface area contributed by atoms with Crippen molar-refractivity contribution in [2.75, 3.05) is 22.1 Å². The minimum atomic E-state index is -4.76. The molecule has 0 fully saturated rings. The van der Waals surface area contributed by atoms with Crippen molar-refractivity contribution in [3.05, 3.63) is 48.5 Å². The predicted molar refractivity (Wildman–Crippen MR) is 98.3 cm³/mol. The maximum atomic E-state index is 12.8. The highest BCUT2D eigenvalue weighted by Crippen LogP contribution is 2.31. The van der Waals surface area contributed by atoms with E-state index in [9.17, 15) is 22.8 Å². The highest BCUT2D eigenvalue weighted by atomic mass is 19.4. The molecule has 6 nitrogen and oxygen atoms in total. The van der Waals surface area contributed by atoms with Gasteiger partial charge in [0.2, 0.25) is 11.8 Å². The smallest absolute Gasteiger partial charge is 0.406 e. The molecular formula is C19H18F3N3O3. The van der Waals surface area contributed by atoms with E-state index in [0.29, 0.717) is 17.1 Å². The van der Waals surface area contributed by atoms with Crippen molar-refractivity contribution in [1.82, 2.24) is 0 Å². The number of amides is 2. The molecule has 1 atom stereocenters. The summed E-state index contributed by atoms with van der Waals surface area (Å²) < 4.78 is 40.4. The molecule has 2 aromatic rings. The third kappa shape index (κ3) is 4.73. The molecule has 0 saturated carbocycles. The van der Waals surface area contributed by atoms with Gasteiger partial charge in [0, 0.05) is 18.2 Å². The van der Waals surface area contributed by atoms with E-state index in [4.69, 9.17) is 0 Å². The van der Waals surface area contributed by atoms with Crippen LogP contribution >= 0.6 is 0 Å². The fraction of sp³-hybridized carbons (Fsp3) is 0.263. The highest BCUT2D eigenvalue weighted by Gasteiger charge is 2.31. The van der Waals surface area contributed by atoms with Crippen LogP contribution in [0.4, 0.5) is 30.2 Å². The maximum Gasteiger partial charge on any atom is 0.573 e. The van der Waals surface area contributed by atoms with E-state index in [-0.39, 0.29) is 36.6 Å². The van der Waals surface area contributed by atoms with Crippen LogP contribution in [-0.2, 0) is 9.59 Å². The van der Waals surface area contributed by atoms with Crippen molar-refractivity contribution >= 4 is 28.9 Å². The second-order valence-electron chi connectivity index (χ2n) is 6.31. The number of ether oxygens (including phenoxy) is 1. The largest absolute Gasteiger partial charge is 0.573 e. The third-order valence-corrected chi connectivity index (χ3v) is 4.16. The van der Waals surface area contributed by atoms with Crippen molar-refractivity contribution in [3.63, 3.8) is 0 Å². The Morgan fingerprint density at radius 3 is 2.57 bits per heavy atom. The lowest BCUT2D eigenvalue weighted by molar-refractivity contribution is -0.274. The SMILES string of the molecule is C[C@@H]1CC(=O)Nc2ccccc2N1C(=O)CNc1ccc(OC(F)(F)F)cc1. The molecule has 0 aliphatic carbocycles. The molecule has 0 aromatic heterocycles. The minimum Gasteiger partial charge on any atom is -0.406 e. The summed E-state index contributed by atoms with van der Waals surface area (Å²) in [7, 11) is 0. The van der Waals surface area contributed by atoms with Gasteiger partial charge in [-0.2, -0.15) is 0 Å². The van der Waals surface area contributed by atoms with Crippen molar-refractivity contribution < 1.29 is 27.5 Å². The number of rotatable bonds is 4. The molecule has 28 heavy (non-hydrogen) atoms. The van der Waals surface area contributed by atoms with Crippen LogP contribution in [0.15, 0.2) is 48.5 Å². The van der Waals surface area contributed by atoms with Crippen molar-refractivity contribution in [1.29, 1.82) is 0 Å². The van der Waals surface area contributed by atoms with Gasteiger partial charge < -0.3 is 20.3 Å². The Morgan fingerprint density at radius 2 is 1.89 bits per heavy atom. The Bertz CT molecular complexity index is 869. The number of para-hydroxylation sites is 2. The van der Waals surface area contributed by atoms with Gasteiger partial charge in [-0.05, 0) is 43.3 Å². The van der Waals surface area contributed by atoms with E-state index in [1.807, 2.05) is 0 Å². The second-order valence-corrected chi connectivity index (χ2v) is 6.31. The van der Waals surface area contributed by atoms with Crippen molar-refractivity contribution in [2.45, 2.75) is 25.7 Å². The lowest BCUT2D eigenvalue weighted by atomic mass is 10.1. The molecule has 2 amide bonds. The van der Waals surface area contributed by atoms with E-state index >= 15 is 0 Å². The molecule has 0 spiro atoms. The van der Waals surface area contributed by atoms with E-state index < -0.39 is 6.36 Å². The lowest BCUT2D eigenvalue weighted by Crippen LogP contribution is -2.42. The summed E-state index contributed by atoms with van der Waals surface area (Å²) in [4.78, 5) is 26.3. The number of benzene rings is 2. The topological polar surface area (TPSA) is 70.7 Å². The van der Waals surface area contributed by atoms with Crippen LogP contribution < -0.4 is 20.3 Å². The number of carbonyl (C=O) groups excluding carboxylic acids is 2. The first kappa shape index (κ1) is 19.5. The molecule has 0 radical (unpaired) electrons. The Labute approximate surface area is 159 Å². The number of carbonyl (C=O) groups is 2. The number of hydrogen-bond donors (Lipinski definition) is 2. The molecule has 0 saturated heterocycles. The van der Waals surface area contributed by atoms with Gasteiger partial charge in [0.1, 0.15) is 5.75 Å². The van der Waals surface area contributed by atoms with Crippen LogP contribution in [0, 0.1) is 0 Å². The Balaban J connectivity index is 1.70. The van der Waals surface area contributed by atoms with Gasteiger partial charge in [-0.3, -0.25) is 9.59 Å². The summed E-state index contributed by atoms with van der Waals surface area (Å²) in [5.74, 6) is -0.792. The number of alkyl halides is 3. The van der Waals surface area contributed by atoms with Gasteiger partial charge in [-0.25, -0.2) is 0 Å². The van der Waals surface area contributed by atoms with Gasteiger partial charge in [0.05, 0.1) is 17.9 Å². The van der Waals surface area contributed by atoms with Crippen LogP contribution in [0.3, 0.4) is 0 Å². The second kappa shape index (κ2) is 7.79. The highest BCUT2D eigenvalue weighted by molar-refractivity contribution is 6.05. The summed E-state index contributed by atoms with van der Waals surface area (Å²) in [5, 5.41) is 5.66. The average Bonchev–Trinajstić information content (AvgIpc) is 2.74. The molecule has 1 heterocycles.